The van der Waals surface area contributed by atoms with E-state index in [1.807, 2.05) is 0 Å². The molecule has 1 rings (SSSR count). The zero-order valence-electron chi connectivity index (χ0n) is 5.87. The maximum Gasteiger partial charge on any atom is 0.309 e. The second-order valence-electron chi connectivity index (χ2n) is 2.06. The quantitative estimate of drug-likeness (QED) is 0.747. The van der Waals surface area contributed by atoms with Crippen LogP contribution in [0.4, 0.5) is 0 Å². The van der Waals surface area contributed by atoms with E-state index in [1.54, 1.807) is 22.6 Å². The van der Waals surface area contributed by atoms with Gasteiger partial charge >= 0.3 is 5.97 Å². The van der Waals surface area contributed by atoms with E-state index < -0.39 is 5.97 Å². The van der Waals surface area contributed by atoms with Crippen molar-refractivity contribution in [1.82, 2.24) is 9.97 Å². The summed E-state index contributed by atoms with van der Waals surface area (Å²) in [5, 5.41) is 8.43. The average molecular weight is 280 g/mol. The highest BCUT2D eigenvalue weighted by atomic mass is 127. The summed E-state index contributed by atoms with van der Waals surface area (Å²) >= 11 is 1.77. The van der Waals surface area contributed by atoms with Gasteiger partial charge in [0.2, 0.25) is 0 Å². The second kappa shape index (κ2) is 3.65. The molecule has 1 aromatic rings. The van der Waals surface area contributed by atoms with Gasteiger partial charge in [0.25, 0.3) is 5.56 Å². The lowest BCUT2D eigenvalue weighted by Gasteiger charge is -1.96. The normalized spacial score (nSPS) is 9.75. The van der Waals surface area contributed by atoms with E-state index in [4.69, 9.17) is 5.11 Å². The van der Waals surface area contributed by atoms with Gasteiger partial charge in [0.15, 0.2) is 0 Å². The second-order valence-corrected chi connectivity index (χ2v) is 3.14. The zero-order chi connectivity index (χ0) is 9.14. The Labute approximate surface area is 81.0 Å². The highest BCUT2D eigenvalue weighted by Crippen LogP contribution is 2.02. The third-order valence-corrected chi connectivity index (χ3v) is 2.30. The van der Waals surface area contributed by atoms with Crippen LogP contribution in [0.1, 0.15) is 5.69 Å². The predicted octanol–water partition coefficient (Wildman–Crippen LogP) is 0.00160. The number of rotatable bonds is 2. The number of carboxylic acids is 1. The van der Waals surface area contributed by atoms with Crippen molar-refractivity contribution in [3.05, 3.63) is 25.9 Å². The molecule has 0 unspecified atom stereocenters. The fourth-order valence-corrected chi connectivity index (χ4v) is 1.17. The molecule has 0 radical (unpaired) electrons. The average Bonchev–Trinajstić information content (AvgIpc) is 1.98. The monoisotopic (exact) mass is 280 g/mol. The van der Waals surface area contributed by atoms with Crippen molar-refractivity contribution in [2.24, 2.45) is 0 Å². The number of hydrogen-bond acceptors (Lipinski definition) is 3. The maximum atomic E-state index is 10.9. The van der Waals surface area contributed by atoms with E-state index in [9.17, 15) is 9.59 Å². The van der Waals surface area contributed by atoms with Gasteiger partial charge in [-0.2, -0.15) is 0 Å². The lowest BCUT2D eigenvalue weighted by Crippen LogP contribution is -2.16. The Balaban J connectivity index is 3.08. The fourth-order valence-electron chi connectivity index (χ4n) is 0.686. The van der Waals surface area contributed by atoms with Crippen LogP contribution in [0.25, 0.3) is 0 Å². The third-order valence-electron chi connectivity index (χ3n) is 1.19. The molecule has 0 saturated heterocycles. The first kappa shape index (κ1) is 9.17. The molecule has 0 aliphatic rings. The number of nitrogens with zero attached hydrogens (tertiary/aromatic N) is 1. The molecule has 0 aliphatic heterocycles. The van der Waals surface area contributed by atoms with Crippen molar-refractivity contribution >= 4 is 28.6 Å². The molecule has 64 valence electrons. The van der Waals surface area contributed by atoms with Crippen LogP contribution >= 0.6 is 22.6 Å². The highest BCUT2D eigenvalue weighted by molar-refractivity contribution is 14.1. The standard InChI is InChI=1S/C6H5IN2O3/c7-5-3(1-4(10)11)8-2-9-6(5)12/h2H,1H2,(H,10,11)(H,8,9,12). The number of hydrogen-bond donors (Lipinski definition) is 2. The number of H-pyrrole nitrogens is 1. The Hall–Kier alpha value is -0.920. The summed E-state index contributed by atoms with van der Waals surface area (Å²) in [4.78, 5) is 27.3. The highest BCUT2D eigenvalue weighted by Gasteiger charge is 2.08. The Morgan fingerprint density at radius 3 is 3.00 bits per heavy atom. The van der Waals surface area contributed by atoms with Crippen LogP contribution in [-0.4, -0.2) is 21.0 Å². The summed E-state index contributed by atoms with van der Waals surface area (Å²) in [5.41, 5.74) is -0.00583. The Morgan fingerprint density at radius 2 is 2.42 bits per heavy atom. The minimum Gasteiger partial charge on any atom is -0.481 e. The number of nitrogens with one attached hydrogen (secondary N) is 1. The van der Waals surface area contributed by atoms with Gasteiger partial charge in [0.05, 0.1) is 18.4 Å². The summed E-state index contributed by atoms with van der Waals surface area (Å²) < 4.78 is 0.331. The van der Waals surface area contributed by atoms with Gasteiger partial charge in [0.1, 0.15) is 3.57 Å². The number of carbonyl (C=O) groups is 1. The molecule has 1 heterocycles. The van der Waals surface area contributed by atoms with Crippen molar-refractivity contribution < 1.29 is 9.90 Å². The van der Waals surface area contributed by atoms with Gasteiger partial charge in [-0.15, -0.1) is 0 Å². The molecule has 0 fully saturated rings. The molecule has 1 aromatic heterocycles. The van der Waals surface area contributed by atoms with E-state index >= 15 is 0 Å². The van der Waals surface area contributed by atoms with E-state index in [0.29, 0.717) is 9.26 Å². The minimum atomic E-state index is -0.994. The van der Waals surface area contributed by atoms with Crippen molar-refractivity contribution in [3.8, 4) is 0 Å². The molecular formula is C6H5IN2O3. The van der Waals surface area contributed by atoms with Gasteiger partial charge < -0.3 is 10.1 Å². The molecular weight excluding hydrogens is 275 g/mol. The SMILES string of the molecule is O=C(O)Cc1nc[nH]c(=O)c1I. The van der Waals surface area contributed by atoms with Crippen molar-refractivity contribution in [1.29, 1.82) is 0 Å². The van der Waals surface area contributed by atoms with Gasteiger partial charge in [-0.05, 0) is 22.6 Å². The Kier molecular flexibility index (Phi) is 2.79. The number of halogens is 1. The molecule has 0 aromatic carbocycles. The van der Waals surface area contributed by atoms with Crippen LogP contribution in [0, 0.1) is 3.57 Å². The lowest BCUT2D eigenvalue weighted by atomic mass is 10.3. The van der Waals surface area contributed by atoms with Crippen LogP contribution in [0.5, 0.6) is 0 Å². The molecule has 0 amide bonds. The van der Waals surface area contributed by atoms with Crippen molar-refractivity contribution in [2.75, 3.05) is 0 Å². The molecule has 2 N–H and O–H groups in total. The van der Waals surface area contributed by atoms with Crippen LogP contribution in [0.3, 0.4) is 0 Å². The largest absolute Gasteiger partial charge is 0.481 e. The molecule has 5 nitrogen and oxygen atoms in total. The lowest BCUT2D eigenvalue weighted by molar-refractivity contribution is -0.136. The van der Waals surface area contributed by atoms with E-state index in [2.05, 4.69) is 9.97 Å². The van der Waals surface area contributed by atoms with Crippen LogP contribution < -0.4 is 5.56 Å². The molecule has 0 saturated carbocycles. The topological polar surface area (TPSA) is 83.0 Å². The summed E-state index contributed by atoms with van der Waals surface area (Å²) in [6, 6.07) is 0. The first-order valence-corrected chi connectivity index (χ1v) is 4.13. The molecule has 6 heteroatoms. The number of aromatic amines is 1. The minimum absolute atomic E-state index is 0.220. The van der Waals surface area contributed by atoms with Gasteiger partial charge in [-0.1, -0.05) is 0 Å². The third kappa shape index (κ3) is 2.03. The summed E-state index contributed by atoms with van der Waals surface area (Å²) in [5.74, 6) is -0.994. The van der Waals surface area contributed by atoms with E-state index in [-0.39, 0.29) is 12.0 Å². The van der Waals surface area contributed by atoms with Gasteiger partial charge in [0, 0.05) is 0 Å². The number of aliphatic carboxylic acids is 1. The first-order valence-electron chi connectivity index (χ1n) is 3.05. The van der Waals surface area contributed by atoms with E-state index in [0.717, 1.165) is 0 Å². The number of carboxylic acid groups (broad SMARTS) is 1. The summed E-state index contributed by atoms with van der Waals surface area (Å²) in [6.07, 6.45) is 0.977. The molecule has 0 aliphatic carbocycles. The first-order chi connectivity index (χ1) is 5.61. The number of aromatic nitrogens is 2. The predicted molar refractivity (Wildman–Crippen MR) is 48.9 cm³/mol. The fraction of sp³-hybridized carbons (Fsp3) is 0.167. The Morgan fingerprint density at radius 1 is 1.75 bits per heavy atom. The van der Waals surface area contributed by atoms with Gasteiger partial charge in [-0.25, -0.2) is 4.98 Å². The summed E-state index contributed by atoms with van der Waals surface area (Å²) in [6.45, 7) is 0. The van der Waals surface area contributed by atoms with Crippen LogP contribution in [0.2, 0.25) is 0 Å². The van der Waals surface area contributed by atoms with Gasteiger partial charge in [-0.3, -0.25) is 9.59 Å². The molecule has 0 bridgehead atoms. The van der Waals surface area contributed by atoms with Crippen LogP contribution in [0.15, 0.2) is 11.1 Å². The zero-order valence-corrected chi connectivity index (χ0v) is 8.03. The van der Waals surface area contributed by atoms with Crippen LogP contribution in [-0.2, 0) is 11.2 Å². The Bertz CT molecular complexity index is 360. The smallest absolute Gasteiger partial charge is 0.309 e. The molecule has 12 heavy (non-hydrogen) atoms. The molecule has 0 spiro atoms. The molecule has 0 atom stereocenters. The maximum absolute atomic E-state index is 10.9. The van der Waals surface area contributed by atoms with Crippen molar-refractivity contribution in [3.63, 3.8) is 0 Å². The van der Waals surface area contributed by atoms with Crippen molar-refractivity contribution in [2.45, 2.75) is 6.42 Å². The summed E-state index contributed by atoms with van der Waals surface area (Å²) in [7, 11) is 0. The van der Waals surface area contributed by atoms with E-state index in [1.165, 1.54) is 6.33 Å².